The number of carbonyl (C=O) groups excluding carboxylic acids is 1. The average molecular weight is 469 g/mol. The van der Waals surface area contributed by atoms with E-state index in [1.165, 1.54) is 0 Å². The molecule has 0 aromatic heterocycles. The molecule has 5 nitrogen and oxygen atoms in total. The first kappa shape index (κ1) is 22.2. The monoisotopic (exact) mass is 468 g/mol. The zero-order valence-electron chi connectivity index (χ0n) is 20.2. The summed E-state index contributed by atoms with van der Waals surface area (Å²) in [6, 6.07) is 23.3. The van der Waals surface area contributed by atoms with Gasteiger partial charge in [0.1, 0.15) is 17.6 Å². The highest BCUT2D eigenvalue weighted by Gasteiger charge is 2.56. The second-order valence-electron chi connectivity index (χ2n) is 10.2. The number of ether oxygens (including phenoxy) is 1. The fourth-order valence-electron chi connectivity index (χ4n) is 5.91. The first-order chi connectivity index (χ1) is 17.1. The topological polar surface area (TPSA) is 53.0 Å². The van der Waals surface area contributed by atoms with E-state index in [-0.39, 0.29) is 29.3 Å². The Labute approximate surface area is 206 Å². The van der Waals surface area contributed by atoms with Crippen LogP contribution in [-0.4, -0.2) is 52.1 Å². The average Bonchev–Trinajstić information content (AvgIpc) is 3.49. The Morgan fingerprint density at radius 1 is 1.06 bits per heavy atom. The van der Waals surface area contributed by atoms with Crippen molar-refractivity contribution in [1.29, 1.82) is 0 Å². The van der Waals surface area contributed by atoms with Gasteiger partial charge in [0.05, 0.1) is 6.04 Å². The predicted octanol–water partition coefficient (Wildman–Crippen LogP) is 5.19. The predicted molar refractivity (Wildman–Crippen MR) is 136 cm³/mol. The zero-order chi connectivity index (χ0) is 24.0. The van der Waals surface area contributed by atoms with Crippen LogP contribution in [0.2, 0.25) is 0 Å². The van der Waals surface area contributed by atoms with E-state index in [0.29, 0.717) is 5.56 Å². The first-order valence-electron chi connectivity index (χ1n) is 12.8. The Bertz CT molecular complexity index is 1220. The summed E-state index contributed by atoms with van der Waals surface area (Å²) in [4.78, 5) is 18.5. The molecule has 0 bridgehead atoms. The van der Waals surface area contributed by atoms with Crippen LogP contribution in [-0.2, 0) is 6.42 Å². The molecule has 2 heterocycles. The maximum Gasteiger partial charge on any atom is 0.255 e. The second kappa shape index (κ2) is 8.72. The van der Waals surface area contributed by atoms with Crippen LogP contribution in [0.4, 0.5) is 0 Å². The van der Waals surface area contributed by atoms with Crippen LogP contribution in [0, 0.1) is 0 Å². The summed E-state index contributed by atoms with van der Waals surface area (Å²) < 4.78 is 6.28. The summed E-state index contributed by atoms with van der Waals surface area (Å²) in [7, 11) is 0. The van der Waals surface area contributed by atoms with Gasteiger partial charge in [0.2, 0.25) is 0 Å². The van der Waals surface area contributed by atoms with Crippen molar-refractivity contribution < 1.29 is 14.6 Å². The summed E-state index contributed by atoms with van der Waals surface area (Å²) in [5.41, 5.74) is 3.82. The Morgan fingerprint density at radius 3 is 2.51 bits per heavy atom. The van der Waals surface area contributed by atoms with Crippen molar-refractivity contribution in [3.05, 3.63) is 95.1 Å². The van der Waals surface area contributed by atoms with Crippen molar-refractivity contribution in [3.63, 3.8) is 0 Å². The van der Waals surface area contributed by atoms with Gasteiger partial charge in [-0.25, -0.2) is 0 Å². The van der Waals surface area contributed by atoms with Crippen molar-refractivity contribution >= 4 is 5.91 Å². The van der Waals surface area contributed by atoms with Gasteiger partial charge in [0.25, 0.3) is 5.91 Å². The lowest BCUT2D eigenvalue weighted by Crippen LogP contribution is -2.49. The van der Waals surface area contributed by atoms with E-state index in [1.54, 1.807) is 6.07 Å². The van der Waals surface area contributed by atoms with E-state index in [9.17, 15) is 9.90 Å². The summed E-state index contributed by atoms with van der Waals surface area (Å²) in [5.74, 6) is 1.22. The van der Waals surface area contributed by atoms with E-state index >= 15 is 0 Å². The Kier molecular flexibility index (Phi) is 5.53. The molecule has 3 aromatic rings. The van der Waals surface area contributed by atoms with Gasteiger partial charge in [-0.3, -0.25) is 9.69 Å². The molecule has 5 heteroatoms. The normalized spacial score (nSPS) is 22.7. The molecule has 0 radical (unpaired) electrons. The molecule has 1 N–H and O–H groups in total. The molecular weight excluding hydrogens is 436 g/mol. The van der Waals surface area contributed by atoms with Gasteiger partial charge in [-0.05, 0) is 85.3 Å². The van der Waals surface area contributed by atoms with Gasteiger partial charge in [0.15, 0.2) is 0 Å². The SMILES string of the molecule is CCN1CCC(Oc2ccc(C3c4ccc(O)cc4CC4(CC4)N3C(=O)c3ccccc3)cc2)C1. The highest BCUT2D eigenvalue weighted by atomic mass is 16.5. The molecule has 2 fully saturated rings. The van der Waals surface area contributed by atoms with Gasteiger partial charge in [0, 0.05) is 24.2 Å². The molecule has 1 saturated heterocycles. The third-order valence-electron chi connectivity index (χ3n) is 7.95. The lowest BCUT2D eigenvalue weighted by molar-refractivity contribution is 0.0541. The third-order valence-corrected chi connectivity index (χ3v) is 7.95. The number of hydrogen-bond acceptors (Lipinski definition) is 4. The fraction of sp³-hybridized carbons (Fsp3) is 0.367. The molecule has 2 unspecified atom stereocenters. The minimum Gasteiger partial charge on any atom is -0.508 e. The van der Waals surface area contributed by atoms with Crippen molar-refractivity contribution in [3.8, 4) is 11.5 Å². The van der Waals surface area contributed by atoms with Gasteiger partial charge in [-0.15, -0.1) is 0 Å². The minimum atomic E-state index is -0.203. The first-order valence-corrected chi connectivity index (χ1v) is 12.8. The molecule has 3 aliphatic rings. The minimum absolute atomic E-state index is 0.0674. The van der Waals surface area contributed by atoms with Crippen LogP contribution >= 0.6 is 0 Å². The summed E-state index contributed by atoms with van der Waals surface area (Å²) >= 11 is 0. The number of phenolic OH excluding ortho intramolecular Hbond substituents is 1. The number of fused-ring (bicyclic) bond motifs is 1. The summed E-state index contributed by atoms with van der Waals surface area (Å²) in [6.07, 6.45) is 4.02. The van der Waals surface area contributed by atoms with Crippen LogP contribution < -0.4 is 4.74 Å². The lowest BCUT2D eigenvalue weighted by atomic mass is 9.82. The fourth-order valence-corrected chi connectivity index (χ4v) is 5.91. The van der Waals surface area contributed by atoms with Crippen molar-refractivity contribution in [2.75, 3.05) is 19.6 Å². The number of likely N-dealkylation sites (tertiary alicyclic amines) is 1. The Balaban J connectivity index is 1.36. The number of benzene rings is 3. The van der Waals surface area contributed by atoms with E-state index < -0.39 is 0 Å². The molecule has 3 aromatic carbocycles. The Morgan fingerprint density at radius 2 is 1.83 bits per heavy atom. The number of likely N-dealkylation sites (N-methyl/N-ethyl adjacent to an activating group) is 1. The molecule has 1 saturated carbocycles. The van der Waals surface area contributed by atoms with Crippen LogP contribution in [0.1, 0.15) is 59.3 Å². The number of aromatic hydroxyl groups is 1. The third kappa shape index (κ3) is 4.08. The van der Waals surface area contributed by atoms with E-state index in [0.717, 1.165) is 67.8 Å². The Hall–Kier alpha value is -3.31. The van der Waals surface area contributed by atoms with Crippen molar-refractivity contribution in [2.24, 2.45) is 0 Å². The van der Waals surface area contributed by atoms with Gasteiger partial charge in [-0.2, -0.15) is 0 Å². The van der Waals surface area contributed by atoms with Crippen LogP contribution in [0.25, 0.3) is 0 Å². The highest BCUT2D eigenvalue weighted by Crippen LogP contribution is 2.55. The maximum atomic E-state index is 13.9. The van der Waals surface area contributed by atoms with Gasteiger partial charge in [-0.1, -0.05) is 43.3 Å². The molecule has 1 spiro atoms. The zero-order valence-corrected chi connectivity index (χ0v) is 20.2. The van der Waals surface area contributed by atoms with Gasteiger partial charge < -0.3 is 14.7 Å². The molecule has 1 amide bonds. The molecular formula is C30H32N2O3. The van der Waals surface area contributed by atoms with Crippen molar-refractivity contribution in [2.45, 2.75) is 50.3 Å². The molecule has 180 valence electrons. The van der Waals surface area contributed by atoms with E-state index in [2.05, 4.69) is 28.9 Å². The highest BCUT2D eigenvalue weighted by molar-refractivity contribution is 5.96. The number of carbonyl (C=O) groups is 1. The summed E-state index contributed by atoms with van der Waals surface area (Å²) in [6.45, 7) is 5.31. The van der Waals surface area contributed by atoms with Crippen molar-refractivity contribution in [1.82, 2.24) is 9.80 Å². The number of hydrogen-bond donors (Lipinski definition) is 1. The second-order valence-corrected chi connectivity index (χ2v) is 10.2. The molecule has 6 rings (SSSR count). The van der Waals surface area contributed by atoms with E-state index in [1.807, 2.05) is 54.6 Å². The maximum absolute atomic E-state index is 13.9. The standard InChI is InChI=1S/C30H32N2O3/c1-2-31-17-14-26(20-31)35-25-11-8-21(9-12-25)28-27-13-10-24(33)18-23(27)19-30(15-16-30)32(28)29(34)22-6-4-3-5-7-22/h3-13,18,26,28,33H,2,14-17,19-20H2,1H3. The molecule has 2 atom stereocenters. The van der Waals surface area contributed by atoms with Gasteiger partial charge >= 0.3 is 0 Å². The molecule has 2 aliphatic heterocycles. The van der Waals surface area contributed by atoms with Crippen LogP contribution in [0.15, 0.2) is 72.8 Å². The molecule has 1 aliphatic carbocycles. The van der Waals surface area contributed by atoms with Crippen LogP contribution in [0.3, 0.4) is 0 Å². The lowest BCUT2D eigenvalue weighted by Gasteiger charge is -2.44. The quantitative estimate of drug-likeness (QED) is 0.560. The number of nitrogens with zero attached hydrogens (tertiary/aromatic N) is 2. The number of amides is 1. The smallest absolute Gasteiger partial charge is 0.255 e. The summed E-state index contributed by atoms with van der Waals surface area (Å²) in [5, 5.41) is 10.2. The van der Waals surface area contributed by atoms with E-state index in [4.69, 9.17) is 4.74 Å². The van der Waals surface area contributed by atoms with Crippen LogP contribution in [0.5, 0.6) is 11.5 Å². The number of phenols is 1. The largest absolute Gasteiger partial charge is 0.508 e. The number of rotatable bonds is 5. The molecule has 35 heavy (non-hydrogen) atoms.